The summed E-state index contributed by atoms with van der Waals surface area (Å²) in [6.07, 6.45) is 9.10. The number of hydrogen-bond donors (Lipinski definition) is 3. The molecule has 6 aromatic rings. The van der Waals surface area contributed by atoms with Crippen molar-refractivity contribution in [1.82, 2.24) is 40.4 Å². The number of ether oxygens (including phenoxy) is 2. The number of halogens is 1. The predicted molar refractivity (Wildman–Crippen MR) is 148 cm³/mol. The quantitative estimate of drug-likeness (QED) is 0.274. The zero-order chi connectivity index (χ0) is 27.1. The number of H-pyrrole nitrogens is 2. The minimum atomic E-state index is -0.415. The Kier molecular flexibility index (Phi) is 6.05. The van der Waals surface area contributed by atoms with Crippen molar-refractivity contribution < 1.29 is 13.9 Å². The molecule has 10 nitrogen and oxygen atoms in total. The Morgan fingerprint density at radius 1 is 0.925 bits per heavy atom. The summed E-state index contributed by atoms with van der Waals surface area (Å²) in [7, 11) is 1.50. The summed E-state index contributed by atoms with van der Waals surface area (Å²) in [5, 5.41) is 11.6. The third-order valence-electron chi connectivity index (χ3n) is 7.06. The lowest BCUT2D eigenvalue weighted by Crippen LogP contribution is -2.34. The fraction of sp³-hybridized carbons (Fsp3) is 0.207. The molecule has 1 saturated heterocycles. The highest BCUT2D eigenvalue weighted by Crippen LogP contribution is 2.33. The predicted octanol–water partition coefficient (Wildman–Crippen LogP) is 4.90. The Morgan fingerprint density at radius 2 is 1.77 bits per heavy atom. The number of rotatable bonds is 6. The maximum Gasteiger partial charge on any atom is 0.181 e. The number of methoxy groups -OCH3 is 1. The van der Waals surface area contributed by atoms with E-state index < -0.39 is 5.82 Å². The molecule has 200 valence electrons. The molecule has 0 bridgehead atoms. The number of nitrogens with zero attached hydrogens (tertiary/aromatic N) is 5. The van der Waals surface area contributed by atoms with E-state index in [0.29, 0.717) is 39.7 Å². The minimum absolute atomic E-state index is 0.181. The van der Waals surface area contributed by atoms with Gasteiger partial charge in [0.05, 0.1) is 29.9 Å². The van der Waals surface area contributed by atoms with Gasteiger partial charge in [0, 0.05) is 41.3 Å². The number of aromatic nitrogens is 7. The van der Waals surface area contributed by atoms with Crippen molar-refractivity contribution in [3.63, 3.8) is 0 Å². The first-order chi connectivity index (χ1) is 19.6. The molecule has 1 aliphatic rings. The fourth-order valence-corrected chi connectivity index (χ4v) is 5.07. The summed E-state index contributed by atoms with van der Waals surface area (Å²) in [6, 6.07) is 10.3. The first-order valence-electron chi connectivity index (χ1n) is 13.0. The topological polar surface area (TPSA) is 127 Å². The third kappa shape index (κ3) is 4.50. The zero-order valence-electron chi connectivity index (χ0n) is 21.6. The van der Waals surface area contributed by atoms with Gasteiger partial charge in [-0.1, -0.05) is 0 Å². The molecule has 0 atom stereocenters. The van der Waals surface area contributed by atoms with Gasteiger partial charge in [-0.15, -0.1) is 0 Å². The van der Waals surface area contributed by atoms with Gasteiger partial charge in [-0.25, -0.2) is 14.4 Å². The second-order valence-corrected chi connectivity index (χ2v) is 9.69. The van der Waals surface area contributed by atoms with E-state index in [9.17, 15) is 4.39 Å². The molecule has 40 heavy (non-hydrogen) atoms. The Morgan fingerprint density at radius 3 is 2.65 bits per heavy atom. The number of nitrogens with one attached hydrogen (secondary N) is 3. The van der Waals surface area contributed by atoms with Gasteiger partial charge in [-0.3, -0.25) is 15.1 Å². The van der Waals surface area contributed by atoms with Gasteiger partial charge >= 0.3 is 0 Å². The van der Waals surface area contributed by atoms with Crippen LogP contribution in [0.1, 0.15) is 12.8 Å². The van der Waals surface area contributed by atoms with Crippen LogP contribution >= 0.6 is 0 Å². The Bertz CT molecular complexity index is 1840. The molecule has 0 aliphatic carbocycles. The molecular weight excluding hydrogens is 511 g/mol. The number of piperidine rings is 1. The zero-order valence-corrected chi connectivity index (χ0v) is 21.6. The maximum atomic E-state index is 14.3. The fourth-order valence-electron chi connectivity index (χ4n) is 5.07. The van der Waals surface area contributed by atoms with Gasteiger partial charge in [0.1, 0.15) is 34.6 Å². The van der Waals surface area contributed by atoms with E-state index in [2.05, 4.69) is 35.5 Å². The van der Waals surface area contributed by atoms with Crippen molar-refractivity contribution in [2.45, 2.75) is 18.9 Å². The van der Waals surface area contributed by atoms with Crippen LogP contribution in [0.5, 0.6) is 11.5 Å². The van der Waals surface area contributed by atoms with Gasteiger partial charge < -0.3 is 19.8 Å². The number of aromatic amines is 2. The summed E-state index contributed by atoms with van der Waals surface area (Å²) < 4.78 is 25.7. The van der Waals surface area contributed by atoms with E-state index in [1.807, 2.05) is 18.2 Å². The highest BCUT2D eigenvalue weighted by molar-refractivity contribution is 5.96. The van der Waals surface area contributed by atoms with E-state index in [1.54, 1.807) is 30.9 Å². The average Bonchev–Trinajstić information content (AvgIpc) is 3.61. The van der Waals surface area contributed by atoms with E-state index >= 15 is 0 Å². The number of pyridine rings is 3. The smallest absolute Gasteiger partial charge is 0.181 e. The molecule has 6 heterocycles. The van der Waals surface area contributed by atoms with E-state index in [4.69, 9.17) is 14.5 Å². The Hall–Kier alpha value is -4.90. The average molecular weight is 537 g/mol. The summed E-state index contributed by atoms with van der Waals surface area (Å²) >= 11 is 0. The largest absolute Gasteiger partial charge is 0.497 e. The van der Waals surface area contributed by atoms with Crippen molar-refractivity contribution in [3.8, 4) is 45.4 Å². The van der Waals surface area contributed by atoms with Crippen LogP contribution in [0, 0.1) is 5.82 Å². The lowest BCUT2D eigenvalue weighted by atomic mass is 10.1. The second-order valence-electron chi connectivity index (χ2n) is 9.69. The molecule has 11 heteroatoms. The second kappa shape index (κ2) is 10.0. The third-order valence-corrected chi connectivity index (χ3v) is 7.06. The van der Waals surface area contributed by atoms with Crippen LogP contribution in [0.2, 0.25) is 0 Å². The highest BCUT2D eigenvalue weighted by Gasteiger charge is 2.18. The summed E-state index contributed by atoms with van der Waals surface area (Å²) in [5.41, 5.74) is 5.47. The van der Waals surface area contributed by atoms with E-state index in [-0.39, 0.29) is 6.10 Å². The van der Waals surface area contributed by atoms with Crippen molar-refractivity contribution in [2.75, 3.05) is 20.2 Å². The number of benzene rings is 1. The molecule has 3 N–H and O–H groups in total. The standard InChI is InChI=1S/C29H25FN8O2/c1-39-21-9-16(8-19(30)12-21)25-27-24(4-7-33-25)35-29(36-27)26-23-11-18(14-34-28(23)38-37-26)17-10-22(15-32-13-17)40-20-2-5-31-6-3-20/h4,7-15,20,31H,2-3,5-6H2,1H3,(H,35,36)(H,34,37,38). The molecule has 0 saturated carbocycles. The molecule has 1 aliphatic heterocycles. The van der Waals surface area contributed by atoms with Gasteiger partial charge in [0.25, 0.3) is 0 Å². The summed E-state index contributed by atoms with van der Waals surface area (Å²) in [4.78, 5) is 21.6. The van der Waals surface area contributed by atoms with Gasteiger partial charge in [0.2, 0.25) is 0 Å². The Labute approximate surface area is 228 Å². The van der Waals surface area contributed by atoms with Gasteiger partial charge in [-0.05, 0) is 56.3 Å². The minimum Gasteiger partial charge on any atom is -0.497 e. The molecule has 5 aromatic heterocycles. The lowest BCUT2D eigenvalue weighted by molar-refractivity contribution is 0.162. The van der Waals surface area contributed by atoms with Gasteiger partial charge in [-0.2, -0.15) is 5.10 Å². The summed E-state index contributed by atoms with van der Waals surface area (Å²) in [6.45, 7) is 1.91. The lowest BCUT2D eigenvalue weighted by Gasteiger charge is -2.23. The van der Waals surface area contributed by atoms with Crippen LogP contribution in [0.3, 0.4) is 0 Å². The molecule has 0 spiro atoms. The van der Waals surface area contributed by atoms with Crippen molar-refractivity contribution >= 4 is 22.1 Å². The molecule has 0 unspecified atom stereocenters. The maximum absolute atomic E-state index is 14.3. The monoisotopic (exact) mass is 536 g/mol. The Balaban J connectivity index is 1.26. The number of imidazole rings is 1. The highest BCUT2D eigenvalue weighted by atomic mass is 19.1. The number of hydrogen-bond acceptors (Lipinski definition) is 8. The van der Waals surface area contributed by atoms with Crippen molar-refractivity contribution in [1.29, 1.82) is 0 Å². The normalized spacial score (nSPS) is 14.2. The molecule has 1 aromatic carbocycles. The summed E-state index contributed by atoms with van der Waals surface area (Å²) in [5.74, 6) is 1.29. The number of fused-ring (bicyclic) bond motifs is 2. The molecule has 0 amide bonds. The van der Waals surface area contributed by atoms with Crippen LogP contribution < -0.4 is 14.8 Å². The first kappa shape index (κ1) is 24.2. The molecular formula is C29H25FN8O2. The van der Waals surface area contributed by atoms with Gasteiger partial charge in [0.15, 0.2) is 11.5 Å². The first-order valence-corrected chi connectivity index (χ1v) is 13.0. The van der Waals surface area contributed by atoms with E-state index in [1.165, 1.54) is 19.2 Å². The SMILES string of the molecule is COc1cc(F)cc(-c2nccc3[nH]c(-c4[nH]nc5ncc(-c6cncc(OC7CCNCC7)c6)cc45)nc23)c1. The van der Waals surface area contributed by atoms with Crippen LogP contribution in [0.4, 0.5) is 4.39 Å². The van der Waals surface area contributed by atoms with Crippen LogP contribution in [-0.2, 0) is 0 Å². The molecule has 7 rings (SSSR count). The van der Waals surface area contributed by atoms with Crippen LogP contribution in [0.25, 0.3) is 56.0 Å². The molecule has 0 radical (unpaired) electrons. The van der Waals surface area contributed by atoms with Crippen LogP contribution in [0.15, 0.2) is 61.2 Å². The van der Waals surface area contributed by atoms with Crippen molar-refractivity contribution in [3.05, 3.63) is 67.0 Å². The molecule has 1 fully saturated rings. The van der Waals surface area contributed by atoms with E-state index in [0.717, 1.165) is 53.7 Å². The van der Waals surface area contributed by atoms with Crippen LogP contribution in [-0.4, -0.2) is 61.4 Å². The van der Waals surface area contributed by atoms with Crippen molar-refractivity contribution in [2.24, 2.45) is 0 Å².